The van der Waals surface area contributed by atoms with Gasteiger partial charge in [0, 0.05) is 26.4 Å². The van der Waals surface area contributed by atoms with Gasteiger partial charge >= 0.3 is 0 Å². The first-order valence-electron chi connectivity index (χ1n) is 6.78. The van der Waals surface area contributed by atoms with Gasteiger partial charge in [0.25, 0.3) is 0 Å². The van der Waals surface area contributed by atoms with Crippen molar-refractivity contribution in [2.45, 2.75) is 26.2 Å². The maximum absolute atomic E-state index is 9.10. The highest BCUT2D eigenvalue weighted by Crippen LogP contribution is 2.18. The lowest BCUT2D eigenvalue weighted by molar-refractivity contribution is 0.125. The summed E-state index contributed by atoms with van der Waals surface area (Å²) in [6, 6.07) is 3.82. The summed E-state index contributed by atoms with van der Waals surface area (Å²) < 4.78 is 5.42. The van der Waals surface area contributed by atoms with E-state index in [0.29, 0.717) is 37.0 Å². The van der Waals surface area contributed by atoms with Crippen LogP contribution in [0.1, 0.15) is 30.4 Å². The molecule has 0 aliphatic rings. The van der Waals surface area contributed by atoms with E-state index in [9.17, 15) is 0 Å². The number of pyridine rings is 1. The number of aromatic nitrogens is 1. The summed E-state index contributed by atoms with van der Waals surface area (Å²) in [5.74, 6) is 0.939. The molecule has 0 amide bonds. The largest absolute Gasteiger partial charge is 0.396 e. The molecule has 0 radical (unpaired) electrons. The van der Waals surface area contributed by atoms with E-state index in [2.05, 4.69) is 16.4 Å². The van der Waals surface area contributed by atoms with Gasteiger partial charge in [0.05, 0.1) is 5.56 Å². The fourth-order valence-corrected chi connectivity index (χ4v) is 1.77. The summed E-state index contributed by atoms with van der Waals surface area (Å²) in [6.45, 7) is 4.03. The van der Waals surface area contributed by atoms with Crippen molar-refractivity contribution in [2.24, 2.45) is 0 Å². The Morgan fingerprint density at radius 3 is 2.85 bits per heavy atom. The van der Waals surface area contributed by atoms with Crippen LogP contribution in [0.3, 0.4) is 0 Å². The van der Waals surface area contributed by atoms with Crippen molar-refractivity contribution in [1.82, 2.24) is 4.98 Å². The molecule has 1 heterocycles. The summed E-state index contributed by atoms with van der Waals surface area (Å²) >= 11 is 0. The van der Waals surface area contributed by atoms with E-state index >= 15 is 0 Å². The molecule has 4 N–H and O–H groups in total. The summed E-state index contributed by atoms with van der Waals surface area (Å²) in [6.07, 6.45) is 2.47. The molecular formula is C14H22N4O2. The topological polar surface area (TPSA) is 104 Å². The number of aryl methyl sites for hydroxylation is 1. The summed E-state index contributed by atoms with van der Waals surface area (Å²) in [5, 5.41) is 20.8. The Morgan fingerprint density at radius 1 is 1.40 bits per heavy atom. The first-order valence-corrected chi connectivity index (χ1v) is 6.78. The number of unbranched alkanes of at least 4 members (excludes halogenated alkanes) is 1. The van der Waals surface area contributed by atoms with Crippen LogP contribution in [0.2, 0.25) is 0 Å². The highest BCUT2D eigenvalue weighted by atomic mass is 16.5. The maximum Gasteiger partial charge on any atom is 0.146 e. The van der Waals surface area contributed by atoms with Gasteiger partial charge in [0.2, 0.25) is 0 Å². The Hall–Kier alpha value is -1.84. The number of aliphatic hydroxyl groups excluding tert-OH is 1. The lowest BCUT2D eigenvalue weighted by Crippen LogP contribution is -2.10. The van der Waals surface area contributed by atoms with Gasteiger partial charge in [-0.3, -0.25) is 0 Å². The number of nitrogens with two attached hydrogens (primary N) is 1. The first kappa shape index (κ1) is 16.2. The van der Waals surface area contributed by atoms with Gasteiger partial charge in [-0.05, 0) is 37.8 Å². The zero-order valence-corrected chi connectivity index (χ0v) is 11.9. The van der Waals surface area contributed by atoms with Crippen LogP contribution in [0.5, 0.6) is 0 Å². The molecule has 6 heteroatoms. The van der Waals surface area contributed by atoms with Crippen molar-refractivity contribution in [3.8, 4) is 6.07 Å². The lowest BCUT2D eigenvalue weighted by atomic mass is 10.1. The fourth-order valence-electron chi connectivity index (χ4n) is 1.77. The molecule has 0 atom stereocenters. The van der Waals surface area contributed by atoms with Crippen LogP contribution in [0, 0.1) is 18.3 Å². The molecule has 0 aliphatic heterocycles. The second-order valence-corrected chi connectivity index (χ2v) is 4.52. The Bertz CT molecular complexity index is 457. The van der Waals surface area contributed by atoms with Crippen LogP contribution in [-0.2, 0) is 4.74 Å². The second kappa shape index (κ2) is 9.13. The van der Waals surface area contributed by atoms with Gasteiger partial charge in [-0.2, -0.15) is 5.26 Å². The average molecular weight is 278 g/mol. The molecular weight excluding hydrogens is 256 g/mol. The van der Waals surface area contributed by atoms with E-state index < -0.39 is 0 Å². The van der Waals surface area contributed by atoms with Crippen LogP contribution in [0.4, 0.5) is 11.6 Å². The number of nitrogens with one attached hydrogen (secondary N) is 1. The first-order chi connectivity index (χ1) is 9.69. The minimum atomic E-state index is 0.211. The summed E-state index contributed by atoms with van der Waals surface area (Å²) in [5.41, 5.74) is 7.03. The van der Waals surface area contributed by atoms with Gasteiger partial charge in [0.1, 0.15) is 17.7 Å². The minimum absolute atomic E-state index is 0.211. The number of nitrogens with zero attached hydrogens (tertiary/aromatic N) is 2. The van der Waals surface area contributed by atoms with Crippen LogP contribution in [-0.4, -0.2) is 36.5 Å². The van der Waals surface area contributed by atoms with Gasteiger partial charge in [-0.15, -0.1) is 0 Å². The minimum Gasteiger partial charge on any atom is -0.396 e. The predicted octanol–water partition coefficient (Wildman–Crippen LogP) is 1.44. The lowest BCUT2D eigenvalue weighted by Gasteiger charge is -2.10. The van der Waals surface area contributed by atoms with E-state index in [4.69, 9.17) is 20.8 Å². The average Bonchev–Trinajstić information content (AvgIpc) is 2.41. The zero-order chi connectivity index (χ0) is 14.8. The Morgan fingerprint density at radius 2 is 2.15 bits per heavy atom. The Balaban J connectivity index is 2.30. The van der Waals surface area contributed by atoms with Crippen LogP contribution < -0.4 is 11.1 Å². The highest BCUT2D eigenvalue weighted by molar-refractivity contribution is 5.59. The number of nitriles is 1. The fraction of sp³-hybridized carbons (Fsp3) is 0.571. The van der Waals surface area contributed by atoms with Crippen LogP contribution in [0.15, 0.2) is 6.07 Å². The molecule has 0 spiro atoms. The number of rotatable bonds is 9. The number of ether oxygens (including phenoxy) is 1. The molecule has 0 saturated heterocycles. The van der Waals surface area contributed by atoms with Gasteiger partial charge in [-0.1, -0.05) is 0 Å². The standard InChI is InChI=1S/C14H22N4O2/c1-11-9-13(16)18-14(12(11)10-15)17-5-4-8-20-7-3-2-6-19/h9,19H,2-8H2,1H3,(H3,16,17,18). The Labute approximate surface area is 119 Å². The second-order valence-electron chi connectivity index (χ2n) is 4.52. The quantitative estimate of drug-likeness (QED) is 0.590. The molecule has 0 aromatic carbocycles. The Kier molecular flexibility index (Phi) is 7.40. The molecule has 0 fully saturated rings. The third kappa shape index (κ3) is 5.43. The SMILES string of the molecule is Cc1cc(N)nc(NCCCOCCCCO)c1C#N. The smallest absolute Gasteiger partial charge is 0.146 e. The zero-order valence-electron chi connectivity index (χ0n) is 11.9. The molecule has 0 aliphatic carbocycles. The van der Waals surface area contributed by atoms with Crippen molar-refractivity contribution >= 4 is 11.6 Å². The molecule has 0 saturated carbocycles. The highest BCUT2D eigenvalue weighted by Gasteiger charge is 2.07. The van der Waals surface area contributed by atoms with E-state index in [1.165, 1.54) is 0 Å². The number of hydrogen-bond donors (Lipinski definition) is 3. The number of anilines is 2. The summed E-state index contributed by atoms with van der Waals surface area (Å²) in [7, 11) is 0. The third-order valence-electron chi connectivity index (χ3n) is 2.80. The molecule has 0 bridgehead atoms. The molecule has 1 aromatic heterocycles. The molecule has 1 aromatic rings. The van der Waals surface area contributed by atoms with Crippen molar-refractivity contribution in [3.63, 3.8) is 0 Å². The predicted molar refractivity (Wildman–Crippen MR) is 78.3 cm³/mol. The van der Waals surface area contributed by atoms with Crippen molar-refractivity contribution < 1.29 is 9.84 Å². The van der Waals surface area contributed by atoms with Crippen LogP contribution >= 0.6 is 0 Å². The van der Waals surface area contributed by atoms with E-state index in [-0.39, 0.29) is 6.61 Å². The van der Waals surface area contributed by atoms with Crippen molar-refractivity contribution in [2.75, 3.05) is 37.4 Å². The van der Waals surface area contributed by atoms with Crippen molar-refractivity contribution in [1.29, 1.82) is 5.26 Å². The molecule has 0 unspecified atom stereocenters. The van der Waals surface area contributed by atoms with E-state index in [0.717, 1.165) is 24.8 Å². The molecule has 20 heavy (non-hydrogen) atoms. The van der Waals surface area contributed by atoms with Gasteiger partial charge in [-0.25, -0.2) is 4.98 Å². The summed E-state index contributed by atoms with van der Waals surface area (Å²) in [4.78, 5) is 4.14. The normalized spacial score (nSPS) is 10.2. The number of aliphatic hydroxyl groups is 1. The molecule has 1 rings (SSSR count). The van der Waals surface area contributed by atoms with Gasteiger partial charge < -0.3 is 20.9 Å². The van der Waals surface area contributed by atoms with E-state index in [1.807, 2.05) is 6.92 Å². The van der Waals surface area contributed by atoms with E-state index in [1.54, 1.807) is 6.07 Å². The maximum atomic E-state index is 9.10. The monoisotopic (exact) mass is 278 g/mol. The van der Waals surface area contributed by atoms with Crippen LogP contribution in [0.25, 0.3) is 0 Å². The van der Waals surface area contributed by atoms with Gasteiger partial charge in [0.15, 0.2) is 0 Å². The number of hydrogen-bond acceptors (Lipinski definition) is 6. The molecule has 110 valence electrons. The van der Waals surface area contributed by atoms with Crippen molar-refractivity contribution in [3.05, 3.63) is 17.2 Å². The third-order valence-corrected chi connectivity index (χ3v) is 2.80. The molecule has 6 nitrogen and oxygen atoms in total. The number of nitrogen functional groups attached to an aromatic ring is 1.